The highest BCUT2D eigenvalue weighted by Crippen LogP contribution is 2.57. The van der Waals surface area contributed by atoms with Crippen LogP contribution in [0.5, 0.6) is 11.8 Å². The highest BCUT2D eigenvalue weighted by Gasteiger charge is 2.53. The third-order valence-corrected chi connectivity index (χ3v) is 6.71. The van der Waals surface area contributed by atoms with E-state index in [0.29, 0.717) is 28.2 Å². The lowest BCUT2D eigenvalue weighted by Crippen LogP contribution is -2.53. The number of ether oxygens (including phenoxy) is 1. The average Bonchev–Trinajstić information content (AvgIpc) is 3.27. The van der Waals surface area contributed by atoms with Gasteiger partial charge >= 0.3 is 12.1 Å². The number of hydrogen-bond acceptors (Lipinski definition) is 7. The first-order chi connectivity index (χ1) is 14.4. The van der Waals surface area contributed by atoms with Crippen molar-refractivity contribution in [3.8, 4) is 11.8 Å². The van der Waals surface area contributed by atoms with Crippen molar-refractivity contribution in [2.45, 2.75) is 57.0 Å². The summed E-state index contributed by atoms with van der Waals surface area (Å²) in [5.41, 5.74) is 0.233. The second kappa shape index (κ2) is 7.07. The smallest absolute Gasteiger partial charge is 0.419 e. The predicted octanol–water partition coefficient (Wildman–Crippen LogP) is 2.64. The first kappa shape index (κ1) is 19.0. The maximum atomic E-state index is 12.7. The van der Waals surface area contributed by atoms with Gasteiger partial charge in [-0.05, 0) is 56.3 Å². The molecule has 9 nitrogen and oxygen atoms in total. The van der Waals surface area contributed by atoms with E-state index in [4.69, 9.17) is 9.57 Å². The molecule has 30 heavy (non-hydrogen) atoms. The molecule has 4 aliphatic carbocycles. The number of imidazole rings is 1. The van der Waals surface area contributed by atoms with Gasteiger partial charge in [-0.15, -0.1) is 4.73 Å². The molecule has 6 rings (SSSR count). The van der Waals surface area contributed by atoms with E-state index in [1.165, 1.54) is 42.3 Å². The van der Waals surface area contributed by atoms with Crippen molar-refractivity contribution < 1.29 is 29.4 Å². The van der Waals surface area contributed by atoms with E-state index < -0.39 is 12.1 Å². The van der Waals surface area contributed by atoms with Crippen LogP contribution in [0.4, 0.5) is 4.79 Å². The van der Waals surface area contributed by atoms with E-state index in [2.05, 4.69) is 4.98 Å². The van der Waals surface area contributed by atoms with Gasteiger partial charge in [-0.2, -0.15) is 0 Å². The van der Waals surface area contributed by atoms with Gasteiger partial charge in [0.2, 0.25) is 11.8 Å². The standard InChI is InChI=1S/C21H25N3O6/c25-17-2-3-18(26)24(17)30-19(27)4-1-16-11-23(12-22-16)20(28)29-21-8-13-5-14(9-21)7-15(6-13)10-21/h2-3,11-15,25-26H,1,4-10H2. The Kier molecular flexibility index (Phi) is 4.48. The van der Waals surface area contributed by atoms with Gasteiger partial charge in [0.25, 0.3) is 0 Å². The van der Waals surface area contributed by atoms with Gasteiger partial charge in [0.1, 0.15) is 11.9 Å². The largest absolute Gasteiger partial charge is 0.492 e. The number of rotatable bonds is 5. The van der Waals surface area contributed by atoms with Crippen molar-refractivity contribution in [1.29, 1.82) is 0 Å². The minimum absolute atomic E-state index is 0.0297. The van der Waals surface area contributed by atoms with Crippen LogP contribution in [0, 0.1) is 17.8 Å². The molecule has 0 spiro atoms. The van der Waals surface area contributed by atoms with Gasteiger partial charge in [0.15, 0.2) is 0 Å². The molecule has 9 heteroatoms. The topological polar surface area (TPSA) is 116 Å². The zero-order valence-electron chi connectivity index (χ0n) is 16.6. The Balaban J connectivity index is 1.17. The minimum Gasteiger partial charge on any atom is -0.492 e. The Morgan fingerprint density at radius 1 is 1.07 bits per heavy atom. The van der Waals surface area contributed by atoms with Crippen molar-refractivity contribution >= 4 is 12.1 Å². The second-order valence-corrected chi connectivity index (χ2v) is 9.05. The molecule has 2 aromatic rings. The van der Waals surface area contributed by atoms with Crippen LogP contribution >= 0.6 is 0 Å². The zero-order valence-corrected chi connectivity index (χ0v) is 16.6. The van der Waals surface area contributed by atoms with Crippen molar-refractivity contribution in [2.75, 3.05) is 0 Å². The van der Waals surface area contributed by atoms with Crippen LogP contribution in [0.25, 0.3) is 0 Å². The molecule has 0 saturated heterocycles. The number of carbonyl (C=O) groups excluding carboxylic acids is 2. The van der Waals surface area contributed by atoms with Crippen molar-refractivity contribution in [1.82, 2.24) is 14.3 Å². The molecule has 2 aromatic heterocycles. The Labute approximate surface area is 173 Å². The number of carbonyl (C=O) groups is 2. The molecule has 0 atom stereocenters. The Morgan fingerprint density at radius 2 is 1.67 bits per heavy atom. The summed E-state index contributed by atoms with van der Waals surface area (Å²) >= 11 is 0. The lowest BCUT2D eigenvalue weighted by Gasteiger charge is -2.55. The number of aromatic hydroxyl groups is 2. The minimum atomic E-state index is -0.650. The Bertz CT molecular complexity index is 923. The normalized spacial score (nSPS) is 29.1. The Hall–Kier alpha value is -2.97. The van der Waals surface area contributed by atoms with Crippen LogP contribution in [0.3, 0.4) is 0 Å². The molecule has 4 aliphatic rings. The molecule has 2 N–H and O–H groups in total. The van der Waals surface area contributed by atoms with Crippen LogP contribution in [-0.4, -0.2) is 42.2 Å². The van der Waals surface area contributed by atoms with Crippen LogP contribution < -0.4 is 4.84 Å². The summed E-state index contributed by atoms with van der Waals surface area (Å²) in [4.78, 5) is 33.8. The molecule has 4 fully saturated rings. The van der Waals surface area contributed by atoms with E-state index in [1.54, 1.807) is 6.20 Å². The van der Waals surface area contributed by atoms with Gasteiger partial charge < -0.3 is 19.8 Å². The van der Waals surface area contributed by atoms with E-state index in [0.717, 1.165) is 19.3 Å². The summed E-state index contributed by atoms with van der Waals surface area (Å²) in [6, 6.07) is 2.42. The molecule has 2 heterocycles. The van der Waals surface area contributed by atoms with E-state index in [-0.39, 0.29) is 30.2 Å². The van der Waals surface area contributed by atoms with Crippen LogP contribution in [0.2, 0.25) is 0 Å². The summed E-state index contributed by atoms with van der Waals surface area (Å²) in [5.74, 6) is 0.658. The highest BCUT2D eigenvalue weighted by atomic mass is 16.7. The van der Waals surface area contributed by atoms with Crippen molar-refractivity contribution in [3.63, 3.8) is 0 Å². The first-order valence-electron chi connectivity index (χ1n) is 10.5. The summed E-state index contributed by atoms with van der Waals surface area (Å²) in [6.45, 7) is 0. The van der Waals surface area contributed by atoms with Gasteiger partial charge in [0.05, 0.1) is 12.1 Å². The highest BCUT2D eigenvalue weighted by molar-refractivity contribution is 5.71. The lowest BCUT2D eigenvalue weighted by molar-refractivity contribution is -0.145. The molecule has 0 unspecified atom stereocenters. The molecule has 0 aromatic carbocycles. The van der Waals surface area contributed by atoms with Crippen LogP contribution in [0.1, 0.15) is 50.6 Å². The fraction of sp³-hybridized carbons (Fsp3) is 0.571. The lowest BCUT2D eigenvalue weighted by atomic mass is 9.54. The third kappa shape index (κ3) is 3.53. The Morgan fingerprint density at radius 3 is 2.27 bits per heavy atom. The van der Waals surface area contributed by atoms with Gasteiger partial charge in [-0.3, -0.25) is 0 Å². The van der Waals surface area contributed by atoms with Gasteiger partial charge in [-0.25, -0.2) is 19.1 Å². The molecular weight excluding hydrogens is 390 g/mol. The molecule has 0 radical (unpaired) electrons. The fourth-order valence-electron chi connectivity index (χ4n) is 5.86. The van der Waals surface area contributed by atoms with Crippen molar-refractivity contribution in [2.24, 2.45) is 17.8 Å². The zero-order chi connectivity index (χ0) is 20.9. The molecule has 0 aliphatic heterocycles. The average molecular weight is 415 g/mol. The molecule has 4 saturated carbocycles. The molecule has 0 amide bonds. The summed E-state index contributed by atoms with van der Waals surface area (Å²) < 4.78 is 7.98. The summed E-state index contributed by atoms with van der Waals surface area (Å²) in [6.07, 6.45) is 9.53. The number of nitrogens with zero attached hydrogens (tertiary/aromatic N) is 3. The SMILES string of the molecule is O=C(CCc1cn(C(=O)OC23CC4CC(CC(C4)C2)C3)cn1)On1c(O)ccc1O. The number of aromatic nitrogens is 3. The number of aryl methyl sites for hydroxylation is 1. The quantitative estimate of drug-likeness (QED) is 0.771. The van der Waals surface area contributed by atoms with Gasteiger partial charge in [-0.1, -0.05) is 0 Å². The van der Waals surface area contributed by atoms with E-state index in [1.807, 2.05) is 0 Å². The van der Waals surface area contributed by atoms with E-state index in [9.17, 15) is 19.8 Å². The number of hydrogen-bond donors (Lipinski definition) is 2. The van der Waals surface area contributed by atoms with Crippen LogP contribution in [-0.2, 0) is 16.0 Å². The predicted molar refractivity (Wildman–Crippen MR) is 103 cm³/mol. The van der Waals surface area contributed by atoms with Crippen LogP contribution in [0.15, 0.2) is 24.7 Å². The summed E-state index contributed by atoms with van der Waals surface area (Å²) in [7, 11) is 0. The monoisotopic (exact) mass is 415 g/mol. The van der Waals surface area contributed by atoms with E-state index >= 15 is 0 Å². The van der Waals surface area contributed by atoms with Gasteiger partial charge in [0, 0.05) is 24.8 Å². The second-order valence-electron chi connectivity index (χ2n) is 9.05. The van der Waals surface area contributed by atoms with Crippen molar-refractivity contribution in [3.05, 3.63) is 30.4 Å². The summed E-state index contributed by atoms with van der Waals surface area (Å²) in [5, 5.41) is 19.0. The third-order valence-electron chi connectivity index (χ3n) is 6.71. The fourth-order valence-corrected chi connectivity index (χ4v) is 5.86. The molecule has 4 bridgehead atoms. The first-order valence-corrected chi connectivity index (χ1v) is 10.5. The maximum Gasteiger partial charge on any atom is 0.419 e. The maximum absolute atomic E-state index is 12.7. The molecular formula is C21H25N3O6. The molecule has 160 valence electrons.